The largest absolute Gasteiger partial charge is 0.455 e. The number of aromatic nitrogens is 2. The number of allylic oxidation sites excluding steroid dienone is 1. The molecule has 3 aromatic carbocycles. The Labute approximate surface area is 395 Å². The van der Waals surface area contributed by atoms with E-state index < -0.39 is 43.1 Å². The molecule has 0 spiro atoms. The van der Waals surface area contributed by atoms with Gasteiger partial charge in [-0.2, -0.15) is 0 Å². The molecule has 6 aromatic rings. The molecule has 0 unspecified atom stereocenters. The van der Waals surface area contributed by atoms with E-state index in [9.17, 15) is 32.1 Å². The number of nitrogens with zero attached hydrogens (tertiary/aromatic N) is 4. The van der Waals surface area contributed by atoms with Gasteiger partial charge in [-0.25, -0.2) is 26.9 Å². The number of anilines is 4. The molecule has 0 radical (unpaired) electrons. The van der Waals surface area contributed by atoms with Gasteiger partial charge in [0.25, 0.3) is 21.6 Å². The summed E-state index contributed by atoms with van der Waals surface area (Å²) in [7, 11) is -4.61. The van der Waals surface area contributed by atoms with Crippen molar-refractivity contribution in [3.05, 3.63) is 128 Å². The number of ether oxygens (including phenoxy) is 3. The molecule has 2 fully saturated rings. The first-order chi connectivity index (χ1) is 32.7. The lowest BCUT2D eigenvalue weighted by Gasteiger charge is -2.39. The molecule has 3 aromatic heterocycles. The van der Waals surface area contributed by atoms with Crippen LogP contribution >= 0.6 is 11.3 Å². The van der Waals surface area contributed by atoms with Gasteiger partial charge in [-0.1, -0.05) is 19.4 Å². The van der Waals surface area contributed by atoms with Crippen LogP contribution in [0.25, 0.3) is 16.6 Å². The maximum absolute atomic E-state index is 14.5. The topological polar surface area (TPSA) is 193 Å². The van der Waals surface area contributed by atoms with Gasteiger partial charge in [-0.3, -0.25) is 19.8 Å². The lowest BCUT2D eigenvalue weighted by Crippen LogP contribution is -2.47. The Balaban J connectivity index is 0.913. The quantitative estimate of drug-likeness (QED) is 0.0563. The molecule has 0 bridgehead atoms. The number of piperazine rings is 1. The predicted octanol–water partition coefficient (Wildman–Crippen LogP) is 9.08. The number of thiophene rings is 1. The van der Waals surface area contributed by atoms with Gasteiger partial charge in [0.05, 0.1) is 53.2 Å². The van der Waals surface area contributed by atoms with E-state index in [4.69, 9.17) is 14.2 Å². The zero-order valence-corrected chi connectivity index (χ0v) is 39.0. The fourth-order valence-corrected chi connectivity index (χ4v) is 10.6. The zero-order valence-electron chi connectivity index (χ0n) is 37.4. The SMILES string of the molecule is CC1(C)CCC(CN2CCN(c3ccc(C(=O)NS(=O)(=O)c4ccc(NC[C@H]5COCCO5)c([N+](=O)[O-])c4)c(Oc4cnc5[nH]ccc5c4)c3)CC2)=C(c2cc(Nc3ccc(F)cc3F)cs2)C1. The Bertz CT molecular complexity index is 3000. The number of rotatable bonds is 15. The van der Waals surface area contributed by atoms with Gasteiger partial charge in [0, 0.05) is 90.7 Å². The minimum atomic E-state index is -4.61. The third-order valence-corrected chi connectivity index (χ3v) is 14.7. The molecule has 3 aliphatic rings. The molecule has 1 amide bonds. The number of aromatic amines is 1. The molecule has 0 saturated carbocycles. The highest BCUT2D eigenvalue weighted by atomic mass is 32.2. The number of sulfonamides is 1. The number of carbonyl (C=O) groups is 1. The molecule has 1 aliphatic carbocycles. The highest BCUT2D eigenvalue weighted by Gasteiger charge is 2.31. The summed E-state index contributed by atoms with van der Waals surface area (Å²) >= 11 is 1.61. The van der Waals surface area contributed by atoms with E-state index >= 15 is 0 Å². The van der Waals surface area contributed by atoms with Gasteiger partial charge in [0.15, 0.2) is 0 Å². The number of amides is 1. The molecular formula is C48H50F2N8O8S2. The number of nitro groups is 1. The lowest BCUT2D eigenvalue weighted by molar-refractivity contribution is -0.384. The molecule has 5 heterocycles. The summed E-state index contributed by atoms with van der Waals surface area (Å²) in [6, 6.07) is 17.4. The maximum atomic E-state index is 14.5. The van der Waals surface area contributed by atoms with E-state index in [1.54, 1.807) is 35.7 Å². The van der Waals surface area contributed by atoms with Crippen molar-refractivity contribution in [1.29, 1.82) is 0 Å². The van der Waals surface area contributed by atoms with Crippen molar-refractivity contribution in [2.24, 2.45) is 5.41 Å². The van der Waals surface area contributed by atoms with Crippen LogP contribution in [-0.4, -0.2) is 99.3 Å². The van der Waals surface area contributed by atoms with Crippen molar-refractivity contribution in [2.45, 2.75) is 44.1 Å². The van der Waals surface area contributed by atoms with Gasteiger partial charge in [-0.15, -0.1) is 11.3 Å². The molecule has 2 saturated heterocycles. The second-order valence-electron chi connectivity index (χ2n) is 17.8. The van der Waals surface area contributed by atoms with E-state index in [0.29, 0.717) is 44.3 Å². The summed E-state index contributed by atoms with van der Waals surface area (Å²) in [4.78, 5) is 38.0. The summed E-state index contributed by atoms with van der Waals surface area (Å²) in [6.45, 7) is 9.51. The zero-order chi connectivity index (χ0) is 47.6. The second kappa shape index (κ2) is 19.6. The van der Waals surface area contributed by atoms with Gasteiger partial charge in [0.2, 0.25) is 0 Å². The van der Waals surface area contributed by atoms with Crippen LogP contribution in [0.3, 0.4) is 0 Å². The first-order valence-electron chi connectivity index (χ1n) is 22.2. The lowest BCUT2D eigenvalue weighted by atomic mass is 9.74. The van der Waals surface area contributed by atoms with Crippen molar-refractivity contribution in [3.8, 4) is 11.5 Å². The number of hydrogen-bond donors (Lipinski definition) is 4. The van der Waals surface area contributed by atoms with E-state index in [1.165, 1.54) is 47.7 Å². The monoisotopic (exact) mass is 968 g/mol. The van der Waals surface area contributed by atoms with Crippen LogP contribution in [0.4, 0.5) is 37.2 Å². The fourth-order valence-electron chi connectivity index (χ4n) is 8.68. The molecule has 20 heteroatoms. The Morgan fingerprint density at radius 1 is 1.03 bits per heavy atom. The van der Waals surface area contributed by atoms with E-state index in [2.05, 4.69) is 49.0 Å². The Kier molecular flexibility index (Phi) is 13.5. The predicted molar refractivity (Wildman–Crippen MR) is 257 cm³/mol. The molecule has 1 atom stereocenters. The summed E-state index contributed by atoms with van der Waals surface area (Å²) < 4.78 is 74.8. The van der Waals surface area contributed by atoms with Crippen molar-refractivity contribution in [2.75, 3.05) is 74.6 Å². The summed E-state index contributed by atoms with van der Waals surface area (Å²) in [6.07, 6.45) is 5.80. The third-order valence-electron chi connectivity index (χ3n) is 12.4. The van der Waals surface area contributed by atoms with E-state index in [-0.39, 0.29) is 40.8 Å². The first-order valence-corrected chi connectivity index (χ1v) is 24.6. The second-order valence-corrected chi connectivity index (χ2v) is 20.4. The number of pyridine rings is 1. The van der Waals surface area contributed by atoms with Crippen LogP contribution in [-0.2, 0) is 19.5 Å². The maximum Gasteiger partial charge on any atom is 0.293 e. The van der Waals surface area contributed by atoms with Crippen LogP contribution in [0, 0.1) is 27.2 Å². The number of carbonyl (C=O) groups excluding carboxylic acids is 1. The number of nitrogens with one attached hydrogen (secondary N) is 4. The number of nitro benzene ring substituents is 1. The summed E-state index contributed by atoms with van der Waals surface area (Å²) in [5, 5.41) is 20.8. The van der Waals surface area contributed by atoms with Crippen molar-refractivity contribution < 1.29 is 41.1 Å². The molecule has 9 rings (SSSR count). The van der Waals surface area contributed by atoms with Crippen molar-refractivity contribution in [3.63, 3.8) is 0 Å². The molecule has 356 valence electrons. The molecule has 16 nitrogen and oxygen atoms in total. The van der Waals surface area contributed by atoms with Gasteiger partial charge >= 0.3 is 0 Å². The average molecular weight is 969 g/mol. The minimum absolute atomic E-state index is 0.0814. The van der Waals surface area contributed by atoms with Crippen LogP contribution in [0.5, 0.6) is 11.5 Å². The Morgan fingerprint density at radius 2 is 1.85 bits per heavy atom. The summed E-state index contributed by atoms with van der Waals surface area (Å²) in [5.41, 5.74) is 4.64. The van der Waals surface area contributed by atoms with Gasteiger partial charge in [0.1, 0.15) is 34.5 Å². The smallest absolute Gasteiger partial charge is 0.293 e. The number of hydrogen-bond acceptors (Lipinski definition) is 14. The third kappa shape index (κ3) is 10.8. The van der Waals surface area contributed by atoms with Crippen LogP contribution in [0.15, 0.2) is 101 Å². The van der Waals surface area contributed by atoms with Crippen LogP contribution in [0.2, 0.25) is 0 Å². The highest BCUT2D eigenvalue weighted by Crippen LogP contribution is 2.45. The average Bonchev–Trinajstić information content (AvgIpc) is 4.00. The fraction of sp³-hybridized carbons (Fsp3) is 0.333. The normalized spacial score (nSPS) is 17.8. The number of halogens is 2. The molecule has 4 N–H and O–H groups in total. The van der Waals surface area contributed by atoms with Crippen LogP contribution in [0.1, 0.15) is 48.3 Å². The number of H-pyrrole nitrogens is 1. The van der Waals surface area contributed by atoms with Gasteiger partial charge < -0.3 is 34.7 Å². The van der Waals surface area contributed by atoms with Crippen LogP contribution < -0.4 is 25.0 Å². The van der Waals surface area contributed by atoms with E-state index in [0.717, 1.165) is 72.7 Å². The molecular weight excluding hydrogens is 919 g/mol. The standard InChI is InChI=1S/C48H50F2N8O8S2/c1-48(2)11-9-31(39(24-48)45-21-33(29-67-45)54-41-7-3-32(49)20-40(41)50)27-56-13-15-57(16-14-56)34-4-6-38(44(22-34)66-35-19-30-10-12-51-46(30)53-25-35)47(59)55-68(62,63)37-5-8-42(43(23-37)58(60)61)52-26-36-28-64-17-18-65-36/h3-8,10,12,19-23,25,29,36,52,54H,9,11,13-18,24,26-28H2,1-2H3,(H,51,53)(H,55,59)/t36-/m0/s1. The first kappa shape index (κ1) is 46.7. The molecule has 68 heavy (non-hydrogen) atoms. The highest BCUT2D eigenvalue weighted by molar-refractivity contribution is 7.90. The number of fused-ring (bicyclic) bond motifs is 1. The van der Waals surface area contributed by atoms with E-state index in [1.807, 2.05) is 17.5 Å². The summed E-state index contributed by atoms with van der Waals surface area (Å²) in [5.74, 6) is -1.88. The Hall–Kier alpha value is -6.45. The van der Waals surface area contributed by atoms with Gasteiger partial charge in [-0.05, 0) is 84.8 Å². The Morgan fingerprint density at radius 3 is 2.63 bits per heavy atom. The minimum Gasteiger partial charge on any atom is -0.455 e. The molecule has 2 aliphatic heterocycles. The van der Waals surface area contributed by atoms with Crippen molar-refractivity contribution >= 4 is 72.3 Å². The van der Waals surface area contributed by atoms with Crippen molar-refractivity contribution in [1.82, 2.24) is 19.6 Å². The number of benzene rings is 3.